The molecule has 2 N–H and O–H groups in total. The highest BCUT2D eigenvalue weighted by atomic mass is 35.5. The second kappa shape index (κ2) is 8.02. The molecule has 2 heterocycles. The number of imidazole rings is 1. The summed E-state index contributed by atoms with van der Waals surface area (Å²) in [5, 5.41) is 3.75. The lowest BCUT2D eigenvalue weighted by atomic mass is 10.0. The average Bonchev–Trinajstić information content (AvgIpc) is 3.18. The van der Waals surface area contributed by atoms with Gasteiger partial charge < -0.3 is 15.2 Å². The normalized spacial score (nSPS) is 15.0. The molecule has 0 bridgehead atoms. The maximum atomic E-state index is 12.5. The van der Waals surface area contributed by atoms with Crippen LogP contribution in [0, 0.1) is 0 Å². The summed E-state index contributed by atoms with van der Waals surface area (Å²) in [6.45, 7) is 1.30. The molecule has 0 aliphatic carbocycles. The van der Waals surface area contributed by atoms with Crippen molar-refractivity contribution < 1.29 is 9.59 Å². The van der Waals surface area contributed by atoms with Crippen molar-refractivity contribution in [1.29, 1.82) is 0 Å². The second-order valence-electron chi connectivity index (χ2n) is 7.07. The minimum Gasteiger partial charge on any atom is -0.349 e. The molecule has 2 aromatic carbocycles. The fourth-order valence-electron chi connectivity index (χ4n) is 3.51. The third-order valence-electron chi connectivity index (χ3n) is 5.13. The number of H-pyrrole nitrogens is 1. The van der Waals surface area contributed by atoms with Gasteiger partial charge in [-0.1, -0.05) is 23.7 Å². The van der Waals surface area contributed by atoms with Gasteiger partial charge in [0.15, 0.2) is 0 Å². The molecule has 7 heteroatoms. The Labute approximate surface area is 167 Å². The second-order valence-corrected chi connectivity index (χ2v) is 7.50. The van der Waals surface area contributed by atoms with Crippen LogP contribution in [0.1, 0.15) is 28.8 Å². The number of hydrogen-bond acceptors (Lipinski definition) is 3. The fraction of sp³-hybridized carbons (Fsp3) is 0.286. The smallest absolute Gasteiger partial charge is 0.251 e. The van der Waals surface area contributed by atoms with Crippen molar-refractivity contribution in [1.82, 2.24) is 20.2 Å². The van der Waals surface area contributed by atoms with Crippen LogP contribution in [0.3, 0.4) is 0 Å². The van der Waals surface area contributed by atoms with Crippen molar-refractivity contribution in [2.45, 2.75) is 25.3 Å². The molecule has 1 fully saturated rings. The van der Waals surface area contributed by atoms with Gasteiger partial charge >= 0.3 is 0 Å². The summed E-state index contributed by atoms with van der Waals surface area (Å²) >= 11 is 5.89. The number of nitrogens with one attached hydrogen (secondary N) is 2. The van der Waals surface area contributed by atoms with E-state index in [4.69, 9.17) is 11.6 Å². The molecule has 6 nitrogen and oxygen atoms in total. The number of aromatic nitrogens is 2. The zero-order valence-electron chi connectivity index (χ0n) is 15.3. The van der Waals surface area contributed by atoms with E-state index in [1.807, 2.05) is 29.2 Å². The molecule has 1 aliphatic heterocycles. The molecule has 0 spiro atoms. The van der Waals surface area contributed by atoms with E-state index in [-0.39, 0.29) is 17.9 Å². The molecule has 28 heavy (non-hydrogen) atoms. The van der Waals surface area contributed by atoms with Crippen molar-refractivity contribution in [2.24, 2.45) is 0 Å². The van der Waals surface area contributed by atoms with Gasteiger partial charge in [0.25, 0.3) is 5.91 Å². The van der Waals surface area contributed by atoms with Crippen molar-refractivity contribution in [3.63, 3.8) is 0 Å². The highest BCUT2D eigenvalue weighted by Gasteiger charge is 2.24. The number of hydrogen-bond donors (Lipinski definition) is 2. The maximum absolute atomic E-state index is 12.5. The van der Waals surface area contributed by atoms with Crippen LogP contribution in [-0.4, -0.2) is 45.8 Å². The summed E-state index contributed by atoms with van der Waals surface area (Å²) in [5.74, 6) is 0.0132. The topological polar surface area (TPSA) is 78.1 Å². The number of carbonyl (C=O) groups excluding carboxylic acids is 2. The van der Waals surface area contributed by atoms with Gasteiger partial charge in [0, 0.05) is 29.7 Å². The van der Waals surface area contributed by atoms with Crippen LogP contribution in [0.2, 0.25) is 5.02 Å². The predicted molar refractivity (Wildman–Crippen MR) is 108 cm³/mol. The summed E-state index contributed by atoms with van der Waals surface area (Å²) in [6.07, 6.45) is 3.50. The van der Waals surface area contributed by atoms with Crippen LogP contribution in [0.4, 0.5) is 0 Å². The molecule has 3 aromatic rings. The van der Waals surface area contributed by atoms with Crippen molar-refractivity contribution in [3.8, 4) is 0 Å². The lowest BCUT2D eigenvalue weighted by Crippen LogP contribution is -2.47. The summed E-state index contributed by atoms with van der Waals surface area (Å²) in [7, 11) is 0. The van der Waals surface area contributed by atoms with Gasteiger partial charge in [-0.3, -0.25) is 9.59 Å². The third-order valence-corrected chi connectivity index (χ3v) is 5.39. The number of amides is 2. The molecular weight excluding hydrogens is 376 g/mol. The van der Waals surface area contributed by atoms with E-state index in [1.165, 1.54) is 0 Å². The first-order valence-electron chi connectivity index (χ1n) is 9.35. The Balaban J connectivity index is 1.29. The van der Waals surface area contributed by atoms with Crippen LogP contribution in [0.5, 0.6) is 0 Å². The molecule has 0 saturated carbocycles. The molecule has 0 radical (unpaired) electrons. The van der Waals surface area contributed by atoms with E-state index in [1.54, 1.807) is 24.5 Å². The Hall–Kier alpha value is -2.86. The van der Waals surface area contributed by atoms with Crippen LogP contribution < -0.4 is 5.32 Å². The van der Waals surface area contributed by atoms with Crippen LogP contribution in [0.15, 0.2) is 48.8 Å². The number of rotatable bonds is 4. The van der Waals surface area contributed by atoms with E-state index < -0.39 is 0 Å². The Bertz CT molecular complexity index is 991. The Morgan fingerprint density at radius 1 is 1.14 bits per heavy atom. The zero-order chi connectivity index (χ0) is 19.5. The molecule has 4 rings (SSSR count). The average molecular weight is 397 g/mol. The number of carbonyl (C=O) groups is 2. The maximum Gasteiger partial charge on any atom is 0.251 e. The minimum absolute atomic E-state index is 0.0737. The lowest BCUT2D eigenvalue weighted by molar-refractivity contribution is -0.131. The third kappa shape index (κ3) is 4.17. The number of benzene rings is 2. The molecule has 0 atom stereocenters. The summed E-state index contributed by atoms with van der Waals surface area (Å²) in [5.41, 5.74) is 3.25. The van der Waals surface area contributed by atoms with Gasteiger partial charge in [0.2, 0.25) is 5.91 Å². The quantitative estimate of drug-likeness (QED) is 0.711. The van der Waals surface area contributed by atoms with Gasteiger partial charge in [-0.2, -0.15) is 0 Å². The monoisotopic (exact) mass is 396 g/mol. The van der Waals surface area contributed by atoms with Gasteiger partial charge in [-0.05, 0) is 48.7 Å². The van der Waals surface area contributed by atoms with E-state index >= 15 is 0 Å². The van der Waals surface area contributed by atoms with Gasteiger partial charge in [0.05, 0.1) is 23.8 Å². The SMILES string of the molecule is O=C(NC1CCN(C(=O)Cc2ccc(Cl)cc2)CC1)c1ccc2nc[nH]c2c1. The molecule has 1 aliphatic rings. The Morgan fingerprint density at radius 2 is 1.89 bits per heavy atom. The van der Waals surface area contributed by atoms with Crippen molar-refractivity contribution >= 4 is 34.4 Å². The fourth-order valence-corrected chi connectivity index (χ4v) is 3.63. The van der Waals surface area contributed by atoms with Crippen LogP contribution in [-0.2, 0) is 11.2 Å². The standard InChI is InChI=1S/C21H21ClN4O2/c22-16-4-1-14(2-5-16)11-20(27)26-9-7-17(8-10-26)25-21(28)15-3-6-18-19(12-15)24-13-23-18/h1-6,12-13,17H,7-11H2,(H,23,24)(H,25,28). The summed E-state index contributed by atoms with van der Waals surface area (Å²) < 4.78 is 0. The minimum atomic E-state index is -0.0950. The summed E-state index contributed by atoms with van der Waals surface area (Å²) in [6, 6.07) is 12.8. The van der Waals surface area contributed by atoms with Crippen molar-refractivity contribution in [2.75, 3.05) is 13.1 Å². The first kappa shape index (κ1) is 18.5. The largest absolute Gasteiger partial charge is 0.349 e. The van der Waals surface area contributed by atoms with E-state index in [2.05, 4.69) is 15.3 Å². The van der Waals surface area contributed by atoms with Crippen LogP contribution in [0.25, 0.3) is 11.0 Å². The first-order valence-corrected chi connectivity index (χ1v) is 9.72. The predicted octanol–water partition coefficient (Wildman–Crippen LogP) is 3.18. The van der Waals surface area contributed by atoms with Gasteiger partial charge in [-0.15, -0.1) is 0 Å². The molecular formula is C21H21ClN4O2. The number of piperidine rings is 1. The number of halogens is 1. The molecule has 1 saturated heterocycles. The molecule has 1 aromatic heterocycles. The molecule has 0 unspecified atom stereocenters. The number of aromatic amines is 1. The molecule has 2 amide bonds. The summed E-state index contributed by atoms with van der Waals surface area (Å²) in [4.78, 5) is 34.1. The number of nitrogens with zero attached hydrogens (tertiary/aromatic N) is 2. The van der Waals surface area contributed by atoms with Crippen molar-refractivity contribution in [3.05, 3.63) is 64.9 Å². The highest BCUT2D eigenvalue weighted by molar-refractivity contribution is 6.30. The lowest BCUT2D eigenvalue weighted by Gasteiger charge is -2.32. The zero-order valence-corrected chi connectivity index (χ0v) is 16.1. The van der Waals surface area contributed by atoms with Gasteiger partial charge in [0.1, 0.15) is 0 Å². The highest BCUT2D eigenvalue weighted by Crippen LogP contribution is 2.16. The Kier molecular flexibility index (Phi) is 5.30. The van der Waals surface area contributed by atoms with E-state index in [0.29, 0.717) is 30.1 Å². The number of likely N-dealkylation sites (tertiary alicyclic amines) is 1. The Morgan fingerprint density at radius 3 is 2.64 bits per heavy atom. The molecule has 144 valence electrons. The number of fused-ring (bicyclic) bond motifs is 1. The van der Waals surface area contributed by atoms with E-state index in [9.17, 15) is 9.59 Å². The van der Waals surface area contributed by atoms with Crippen LogP contribution >= 0.6 is 11.6 Å². The van der Waals surface area contributed by atoms with E-state index in [0.717, 1.165) is 29.4 Å². The first-order chi connectivity index (χ1) is 13.6. The van der Waals surface area contributed by atoms with Gasteiger partial charge in [-0.25, -0.2) is 4.98 Å².